The van der Waals surface area contributed by atoms with Gasteiger partial charge in [0.25, 0.3) is 5.91 Å². The molecule has 1 fully saturated rings. The minimum absolute atomic E-state index is 0.189. The lowest BCUT2D eigenvalue weighted by atomic mass is 9.93. The van der Waals surface area contributed by atoms with Gasteiger partial charge in [-0.1, -0.05) is 60.7 Å². The van der Waals surface area contributed by atoms with E-state index in [-0.39, 0.29) is 18.5 Å². The molecule has 142 valence electrons. The van der Waals surface area contributed by atoms with Gasteiger partial charge in [-0.15, -0.1) is 11.3 Å². The van der Waals surface area contributed by atoms with Crippen LogP contribution in [0.1, 0.15) is 24.6 Å². The molecule has 1 atom stereocenters. The summed E-state index contributed by atoms with van der Waals surface area (Å²) in [5.41, 5.74) is 2.02. The second-order valence-electron chi connectivity index (χ2n) is 7.15. The summed E-state index contributed by atoms with van der Waals surface area (Å²) in [6, 6.07) is 19.5. The Balaban J connectivity index is 1.45. The summed E-state index contributed by atoms with van der Waals surface area (Å²) in [6.07, 6.45) is 1.29. The third kappa shape index (κ3) is 3.68. The molecule has 2 heterocycles. The van der Waals surface area contributed by atoms with Crippen molar-refractivity contribution in [1.82, 2.24) is 15.2 Å². The minimum atomic E-state index is -0.884. The Morgan fingerprint density at radius 2 is 1.71 bits per heavy atom. The van der Waals surface area contributed by atoms with Gasteiger partial charge in [0.05, 0.1) is 12.2 Å². The zero-order valence-corrected chi connectivity index (χ0v) is 16.4. The maximum atomic E-state index is 13.0. The average molecular weight is 391 g/mol. The molecule has 1 aliphatic rings. The predicted octanol–water partition coefficient (Wildman–Crippen LogP) is 4.25. The number of hydrogen-bond acceptors (Lipinski definition) is 4. The molecule has 3 amide bonds. The fraction of sp³-hybridized carbons (Fsp3) is 0.227. The Morgan fingerprint density at radius 1 is 1.04 bits per heavy atom. The second-order valence-corrected chi connectivity index (χ2v) is 8.01. The molecule has 28 heavy (non-hydrogen) atoms. The molecule has 0 radical (unpaired) electrons. The number of aromatic nitrogens is 1. The monoisotopic (exact) mass is 391 g/mol. The van der Waals surface area contributed by atoms with Crippen molar-refractivity contribution in [2.75, 3.05) is 0 Å². The van der Waals surface area contributed by atoms with E-state index in [2.05, 4.69) is 10.3 Å². The summed E-state index contributed by atoms with van der Waals surface area (Å²) in [5.74, 6) is -0.192. The van der Waals surface area contributed by atoms with Gasteiger partial charge in [0, 0.05) is 10.9 Å². The number of nitrogens with one attached hydrogen (secondary N) is 1. The first-order chi connectivity index (χ1) is 13.5. The lowest BCUT2D eigenvalue weighted by Gasteiger charge is -2.21. The molecule has 0 saturated carbocycles. The van der Waals surface area contributed by atoms with E-state index < -0.39 is 5.54 Å². The van der Waals surface area contributed by atoms with Crippen LogP contribution >= 0.6 is 11.3 Å². The number of carbonyl (C=O) groups excluding carboxylic acids is 2. The minimum Gasteiger partial charge on any atom is -0.323 e. The van der Waals surface area contributed by atoms with Crippen molar-refractivity contribution in [3.63, 3.8) is 0 Å². The number of benzene rings is 2. The highest BCUT2D eigenvalue weighted by Crippen LogP contribution is 2.27. The first-order valence-corrected chi connectivity index (χ1v) is 10.1. The quantitative estimate of drug-likeness (QED) is 0.639. The van der Waals surface area contributed by atoms with Crippen LogP contribution in [0.5, 0.6) is 0 Å². The smallest absolute Gasteiger partial charge is 0.323 e. The Labute approximate surface area is 168 Å². The molecule has 0 spiro atoms. The number of imide groups is 1. The molecule has 1 N–H and O–H groups in total. The molecular weight excluding hydrogens is 370 g/mol. The number of aryl methyl sites for hydroxylation is 1. The third-order valence-electron chi connectivity index (χ3n) is 4.99. The van der Waals surface area contributed by atoms with Crippen molar-refractivity contribution < 1.29 is 9.59 Å². The summed E-state index contributed by atoms with van der Waals surface area (Å²) in [4.78, 5) is 31.3. The number of amides is 3. The fourth-order valence-electron chi connectivity index (χ4n) is 3.35. The molecule has 1 aliphatic heterocycles. The lowest BCUT2D eigenvalue weighted by Crippen LogP contribution is -2.44. The maximum absolute atomic E-state index is 13.0. The number of carbonyl (C=O) groups is 2. The number of rotatable bonds is 6. The fourth-order valence-corrected chi connectivity index (χ4v) is 4.17. The number of nitrogens with zero attached hydrogens (tertiary/aromatic N) is 2. The normalized spacial score (nSPS) is 19.1. The highest BCUT2D eigenvalue weighted by atomic mass is 32.1. The van der Waals surface area contributed by atoms with E-state index in [0.717, 1.165) is 28.2 Å². The van der Waals surface area contributed by atoms with Crippen LogP contribution in [0.25, 0.3) is 10.6 Å². The third-order valence-corrected chi connectivity index (χ3v) is 5.93. The van der Waals surface area contributed by atoms with E-state index in [1.807, 2.05) is 66.0 Å². The van der Waals surface area contributed by atoms with Gasteiger partial charge in [-0.2, -0.15) is 0 Å². The summed E-state index contributed by atoms with van der Waals surface area (Å²) < 4.78 is 0. The molecule has 0 unspecified atom stereocenters. The van der Waals surface area contributed by atoms with Gasteiger partial charge in [0.15, 0.2) is 0 Å². The van der Waals surface area contributed by atoms with Gasteiger partial charge in [-0.3, -0.25) is 9.69 Å². The Bertz CT molecular complexity index is 987. The van der Waals surface area contributed by atoms with E-state index in [4.69, 9.17) is 0 Å². The van der Waals surface area contributed by atoms with Gasteiger partial charge in [0.1, 0.15) is 10.5 Å². The molecule has 1 aromatic heterocycles. The zero-order chi connectivity index (χ0) is 19.6. The van der Waals surface area contributed by atoms with Crippen LogP contribution in [0, 0.1) is 0 Å². The van der Waals surface area contributed by atoms with E-state index >= 15 is 0 Å². The van der Waals surface area contributed by atoms with Gasteiger partial charge >= 0.3 is 6.03 Å². The largest absolute Gasteiger partial charge is 0.325 e. The molecule has 2 aromatic carbocycles. The van der Waals surface area contributed by atoms with E-state index in [9.17, 15) is 9.59 Å². The van der Waals surface area contributed by atoms with Gasteiger partial charge in [-0.25, -0.2) is 9.78 Å². The van der Waals surface area contributed by atoms with Crippen molar-refractivity contribution >= 4 is 23.3 Å². The molecule has 5 nitrogen and oxygen atoms in total. The van der Waals surface area contributed by atoms with Crippen LogP contribution in [-0.4, -0.2) is 27.4 Å². The average Bonchev–Trinajstić information content (AvgIpc) is 3.27. The highest BCUT2D eigenvalue weighted by molar-refractivity contribution is 7.13. The van der Waals surface area contributed by atoms with Crippen LogP contribution in [-0.2, 0) is 17.8 Å². The van der Waals surface area contributed by atoms with Gasteiger partial charge < -0.3 is 5.32 Å². The van der Waals surface area contributed by atoms with E-state index in [1.165, 1.54) is 16.2 Å². The summed E-state index contributed by atoms with van der Waals surface area (Å²) in [7, 11) is 0. The second kappa shape index (κ2) is 7.56. The van der Waals surface area contributed by atoms with E-state index in [1.54, 1.807) is 6.92 Å². The molecule has 1 saturated heterocycles. The summed E-state index contributed by atoms with van der Waals surface area (Å²) in [5, 5.41) is 5.66. The van der Waals surface area contributed by atoms with Crippen molar-refractivity contribution in [2.24, 2.45) is 0 Å². The first-order valence-electron chi connectivity index (χ1n) is 9.23. The standard InChI is InChI=1S/C22H21N3O2S/c1-22(13-12-16-8-4-2-5-9-16)20(26)25(21(27)24-22)14-18-15-28-19(23-18)17-10-6-3-7-11-17/h2-11,15H,12-14H2,1H3,(H,24,27)/t22-/m0/s1. The molecule has 3 aromatic rings. The Kier molecular flexibility index (Phi) is 4.96. The van der Waals surface area contributed by atoms with Crippen molar-refractivity contribution in [1.29, 1.82) is 0 Å². The van der Waals surface area contributed by atoms with Crippen LogP contribution in [0.15, 0.2) is 66.0 Å². The van der Waals surface area contributed by atoms with Crippen LogP contribution in [0.3, 0.4) is 0 Å². The van der Waals surface area contributed by atoms with Crippen LogP contribution in [0.2, 0.25) is 0 Å². The lowest BCUT2D eigenvalue weighted by molar-refractivity contribution is -0.131. The Morgan fingerprint density at radius 3 is 2.43 bits per heavy atom. The number of urea groups is 1. The van der Waals surface area contributed by atoms with E-state index in [0.29, 0.717) is 6.42 Å². The van der Waals surface area contributed by atoms with Crippen LogP contribution < -0.4 is 5.32 Å². The Hall–Kier alpha value is -2.99. The van der Waals surface area contributed by atoms with Gasteiger partial charge in [-0.05, 0) is 25.3 Å². The SMILES string of the molecule is C[C@@]1(CCc2ccccc2)NC(=O)N(Cc2csc(-c3ccccc3)n2)C1=O. The molecule has 0 aliphatic carbocycles. The highest BCUT2D eigenvalue weighted by Gasteiger charge is 2.47. The maximum Gasteiger partial charge on any atom is 0.325 e. The predicted molar refractivity (Wildman–Crippen MR) is 110 cm³/mol. The van der Waals surface area contributed by atoms with Crippen molar-refractivity contribution in [2.45, 2.75) is 31.8 Å². The van der Waals surface area contributed by atoms with Gasteiger partial charge in [0.2, 0.25) is 0 Å². The molecular formula is C22H21N3O2S. The van der Waals surface area contributed by atoms with Crippen molar-refractivity contribution in [3.05, 3.63) is 77.3 Å². The number of hydrogen-bond donors (Lipinski definition) is 1. The number of thiazole rings is 1. The first kappa shape index (κ1) is 18.4. The van der Waals surface area contributed by atoms with Crippen molar-refractivity contribution in [3.8, 4) is 10.6 Å². The zero-order valence-electron chi connectivity index (χ0n) is 15.6. The molecule has 0 bridgehead atoms. The summed E-state index contributed by atoms with van der Waals surface area (Å²) in [6.45, 7) is 1.99. The molecule has 6 heteroatoms. The topological polar surface area (TPSA) is 62.3 Å². The van der Waals surface area contributed by atoms with Crippen LogP contribution in [0.4, 0.5) is 4.79 Å². The molecule has 4 rings (SSSR count). The summed E-state index contributed by atoms with van der Waals surface area (Å²) >= 11 is 1.52.